The number of carbonyl (C=O) groups is 1. The maximum absolute atomic E-state index is 10.8. The van der Waals surface area contributed by atoms with Gasteiger partial charge in [0.05, 0.1) is 19.0 Å². The number of methoxy groups -OCH3 is 1. The minimum absolute atomic E-state index is 0.422. The number of urea groups is 1. The second-order valence-corrected chi connectivity index (χ2v) is 5.12. The number of fused-ring (bicyclic) bond motifs is 1. The number of hydrogen-bond acceptors (Lipinski definition) is 6. The van der Waals surface area contributed by atoms with Crippen molar-refractivity contribution in [3.8, 4) is 17.0 Å². The van der Waals surface area contributed by atoms with Crippen molar-refractivity contribution in [3.63, 3.8) is 0 Å². The zero-order chi connectivity index (χ0) is 14.8. The van der Waals surface area contributed by atoms with Crippen LogP contribution in [0.25, 0.3) is 21.6 Å². The van der Waals surface area contributed by atoms with Gasteiger partial charge in [0.25, 0.3) is 0 Å². The van der Waals surface area contributed by atoms with Crippen molar-refractivity contribution in [2.45, 2.75) is 0 Å². The van der Waals surface area contributed by atoms with E-state index in [2.05, 4.69) is 20.3 Å². The molecule has 0 aromatic carbocycles. The summed E-state index contributed by atoms with van der Waals surface area (Å²) in [6.07, 6.45) is 3.34. The fraction of sp³-hybridized carbons (Fsp3) is 0.0769. The highest BCUT2D eigenvalue weighted by Crippen LogP contribution is 2.28. The van der Waals surface area contributed by atoms with Gasteiger partial charge < -0.3 is 10.5 Å². The number of nitrogens with one attached hydrogen (secondary N) is 1. The van der Waals surface area contributed by atoms with Crippen molar-refractivity contribution in [2.75, 3.05) is 12.4 Å². The molecule has 0 atom stereocenters. The predicted molar refractivity (Wildman–Crippen MR) is 80.4 cm³/mol. The number of amides is 2. The molecule has 21 heavy (non-hydrogen) atoms. The topological polar surface area (TPSA) is 103 Å². The number of carbonyl (C=O) groups excluding carboxylic acids is 1. The second-order valence-electron chi connectivity index (χ2n) is 4.14. The third-order valence-corrected chi connectivity index (χ3v) is 3.61. The molecule has 0 saturated heterocycles. The zero-order valence-electron chi connectivity index (χ0n) is 11.0. The van der Waals surface area contributed by atoms with Crippen molar-refractivity contribution in [1.82, 2.24) is 15.0 Å². The number of primary amides is 1. The van der Waals surface area contributed by atoms with Gasteiger partial charge in [-0.3, -0.25) is 10.3 Å². The molecule has 0 bridgehead atoms. The van der Waals surface area contributed by atoms with Gasteiger partial charge in [0, 0.05) is 11.8 Å². The van der Waals surface area contributed by atoms with Crippen molar-refractivity contribution in [2.24, 2.45) is 5.73 Å². The molecule has 3 aromatic heterocycles. The summed E-state index contributed by atoms with van der Waals surface area (Å²) in [5, 5.41) is 2.87. The van der Waals surface area contributed by atoms with Crippen molar-refractivity contribution >= 4 is 32.8 Å². The van der Waals surface area contributed by atoms with Crippen LogP contribution in [0.4, 0.5) is 9.93 Å². The zero-order valence-corrected chi connectivity index (χ0v) is 11.8. The summed E-state index contributed by atoms with van der Waals surface area (Å²) in [4.78, 5) is 24.4. The number of rotatable bonds is 3. The van der Waals surface area contributed by atoms with Crippen LogP contribution in [0.3, 0.4) is 0 Å². The van der Waals surface area contributed by atoms with Gasteiger partial charge >= 0.3 is 6.03 Å². The van der Waals surface area contributed by atoms with Crippen LogP contribution in [-0.2, 0) is 0 Å². The van der Waals surface area contributed by atoms with Crippen LogP contribution in [0.2, 0.25) is 0 Å². The average molecular weight is 301 g/mol. The Morgan fingerprint density at radius 3 is 2.95 bits per heavy atom. The third-order valence-electron chi connectivity index (χ3n) is 2.73. The van der Waals surface area contributed by atoms with E-state index in [0.29, 0.717) is 21.2 Å². The van der Waals surface area contributed by atoms with Crippen molar-refractivity contribution < 1.29 is 9.53 Å². The Balaban J connectivity index is 2.01. The molecular formula is C13H11N5O2S. The smallest absolute Gasteiger partial charge is 0.318 e. The quantitative estimate of drug-likeness (QED) is 0.772. The summed E-state index contributed by atoms with van der Waals surface area (Å²) in [7, 11) is 1.59. The molecular weight excluding hydrogens is 290 g/mol. The lowest BCUT2D eigenvalue weighted by Crippen LogP contribution is -2.18. The fourth-order valence-electron chi connectivity index (χ4n) is 1.81. The van der Waals surface area contributed by atoms with Crippen LogP contribution >= 0.6 is 11.3 Å². The van der Waals surface area contributed by atoms with E-state index in [0.717, 1.165) is 11.3 Å². The minimum Gasteiger partial charge on any atom is -0.495 e. The molecule has 0 aliphatic carbocycles. The summed E-state index contributed by atoms with van der Waals surface area (Å²) < 4.78 is 5.15. The first kappa shape index (κ1) is 13.3. The van der Waals surface area contributed by atoms with E-state index in [1.165, 1.54) is 11.3 Å². The number of thiazole rings is 1. The first-order valence-corrected chi connectivity index (χ1v) is 6.81. The number of nitrogens with zero attached hydrogens (tertiary/aromatic N) is 3. The summed E-state index contributed by atoms with van der Waals surface area (Å²) in [6, 6.07) is 4.88. The summed E-state index contributed by atoms with van der Waals surface area (Å²) in [5.74, 6) is 0.662. The molecule has 0 fully saturated rings. The molecule has 3 heterocycles. The maximum Gasteiger partial charge on any atom is 0.318 e. The standard InChI is InChI=1S/C13H11N5O2S/c1-20-8-4-7(5-15-6-8)9-2-3-10-11(16-9)21-13(17-10)18-12(14)19/h2-6H,1H3,(H3,14,17,18,19). The predicted octanol–water partition coefficient (Wildman–Crippen LogP) is 2.25. The summed E-state index contributed by atoms with van der Waals surface area (Å²) in [5.41, 5.74) is 7.37. The Morgan fingerprint density at radius 2 is 2.19 bits per heavy atom. The molecule has 7 nitrogen and oxygen atoms in total. The molecule has 2 amide bonds. The van der Waals surface area contributed by atoms with Crippen LogP contribution in [0.15, 0.2) is 30.6 Å². The number of anilines is 1. The van der Waals surface area contributed by atoms with Gasteiger partial charge in [0.15, 0.2) is 5.13 Å². The lowest BCUT2D eigenvalue weighted by Gasteiger charge is -2.02. The van der Waals surface area contributed by atoms with Crippen molar-refractivity contribution in [3.05, 3.63) is 30.6 Å². The summed E-state index contributed by atoms with van der Waals surface area (Å²) in [6.45, 7) is 0. The largest absolute Gasteiger partial charge is 0.495 e. The first-order chi connectivity index (χ1) is 10.2. The molecule has 0 saturated carbocycles. The van der Waals surface area contributed by atoms with Gasteiger partial charge in [0.2, 0.25) is 0 Å². The Labute approximate surface area is 123 Å². The molecule has 0 spiro atoms. The highest BCUT2D eigenvalue weighted by atomic mass is 32.1. The Hall–Kier alpha value is -2.74. The Bertz CT molecular complexity index is 817. The van der Waals surface area contributed by atoms with E-state index < -0.39 is 6.03 Å². The van der Waals surface area contributed by atoms with E-state index in [4.69, 9.17) is 10.5 Å². The fourth-order valence-corrected chi connectivity index (χ4v) is 2.65. The Morgan fingerprint density at radius 1 is 1.33 bits per heavy atom. The number of aromatic nitrogens is 3. The van der Waals surface area contributed by atoms with Crippen LogP contribution in [-0.4, -0.2) is 28.1 Å². The van der Waals surface area contributed by atoms with Crippen molar-refractivity contribution in [1.29, 1.82) is 0 Å². The van der Waals surface area contributed by atoms with Gasteiger partial charge in [-0.15, -0.1) is 0 Å². The van der Waals surface area contributed by atoms with E-state index in [1.807, 2.05) is 18.2 Å². The number of pyridine rings is 2. The molecule has 3 rings (SSSR count). The van der Waals surface area contributed by atoms with Crippen LogP contribution < -0.4 is 15.8 Å². The highest BCUT2D eigenvalue weighted by Gasteiger charge is 2.09. The van der Waals surface area contributed by atoms with Gasteiger partial charge in [-0.2, -0.15) is 0 Å². The number of hydrogen-bond donors (Lipinski definition) is 2. The van der Waals surface area contributed by atoms with Gasteiger partial charge in [-0.05, 0) is 18.2 Å². The molecule has 0 aliphatic heterocycles. The van der Waals surface area contributed by atoms with Crippen LogP contribution in [0, 0.1) is 0 Å². The molecule has 3 aromatic rings. The van der Waals surface area contributed by atoms with E-state index in [-0.39, 0.29) is 0 Å². The first-order valence-electron chi connectivity index (χ1n) is 5.99. The monoisotopic (exact) mass is 301 g/mol. The lowest BCUT2D eigenvalue weighted by atomic mass is 10.2. The molecule has 0 radical (unpaired) electrons. The van der Waals surface area contributed by atoms with E-state index >= 15 is 0 Å². The van der Waals surface area contributed by atoms with Gasteiger partial charge in [-0.1, -0.05) is 11.3 Å². The molecule has 3 N–H and O–H groups in total. The second kappa shape index (κ2) is 5.33. The summed E-state index contributed by atoms with van der Waals surface area (Å²) >= 11 is 1.26. The SMILES string of the molecule is COc1cncc(-c2ccc3nc(NC(N)=O)sc3n2)c1. The minimum atomic E-state index is -0.647. The third kappa shape index (κ3) is 2.75. The van der Waals surface area contributed by atoms with Gasteiger partial charge in [-0.25, -0.2) is 14.8 Å². The molecule has 106 valence electrons. The molecule has 0 aliphatic rings. The highest BCUT2D eigenvalue weighted by molar-refractivity contribution is 7.21. The van der Waals surface area contributed by atoms with E-state index in [9.17, 15) is 4.79 Å². The average Bonchev–Trinajstić information content (AvgIpc) is 2.87. The Kier molecular flexibility index (Phi) is 3.36. The van der Waals surface area contributed by atoms with E-state index in [1.54, 1.807) is 19.5 Å². The number of nitrogens with two attached hydrogens (primary N) is 1. The molecule has 0 unspecified atom stereocenters. The normalized spacial score (nSPS) is 10.5. The van der Waals surface area contributed by atoms with Gasteiger partial charge in [0.1, 0.15) is 16.1 Å². The van der Waals surface area contributed by atoms with Crippen LogP contribution in [0.1, 0.15) is 0 Å². The molecule has 8 heteroatoms. The van der Waals surface area contributed by atoms with Crippen LogP contribution in [0.5, 0.6) is 5.75 Å². The maximum atomic E-state index is 10.8. The number of ether oxygens (including phenoxy) is 1. The lowest BCUT2D eigenvalue weighted by molar-refractivity contribution is 0.259.